The predicted molar refractivity (Wildman–Crippen MR) is 66.9 cm³/mol. The van der Waals surface area contributed by atoms with Gasteiger partial charge in [-0.15, -0.1) is 0 Å². The molecule has 0 amide bonds. The van der Waals surface area contributed by atoms with Gasteiger partial charge in [0.2, 0.25) is 0 Å². The third-order valence-electron chi connectivity index (χ3n) is 4.33. The number of hydrogen-bond acceptors (Lipinski definition) is 2. The van der Waals surface area contributed by atoms with E-state index in [0.29, 0.717) is 5.41 Å². The second-order valence-electron chi connectivity index (χ2n) is 5.53. The van der Waals surface area contributed by atoms with E-state index in [9.17, 15) is 0 Å². The minimum absolute atomic E-state index is 0.312. The minimum atomic E-state index is 0.312. The number of nitrogens with zero attached hydrogens (tertiary/aromatic N) is 1. The summed E-state index contributed by atoms with van der Waals surface area (Å²) >= 11 is 0. The predicted octanol–water partition coefficient (Wildman–Crippen LogP) is 2.62. The first-order valence-electron chi connectivity index (χ1n) is 6.52. The average molecular weight is 212 g/mol. The quantitative estimate of drug-likeness (QED) is 0.759. The molecule has 0 saturated carbocycles. The van der Waals surface area contributed by atoms with Crippen molar-refractivity contribution in [1.82, 2.24) is 4.90 Å². The van der Waals surface area contributed by atoms with Gasteiger partial charge in [-0.3, -0.25) is 4.90 Å². The number of nitrogens with two attached hydrogens (primary N) is 1. The highest BCUT2D eigenvalue weighted by molar-refractivity contribution is 4.89. The fourth-order valence-electron chi connectivity index (χ4n) is 2.61. The van der Waals surface area contributed by atoms with Crippen molar-refractivity contribution in [3.8, 4) is 0 Å². The van der Waals surface area contributed by atoms with Crippen molar-refractivity contribution in [2.75, 3.05) is 13.1 Å². The van der Waals surface area contributed by atoms with Crippen LogP contribution in [0.5, 0.6) is 0 Å². The molecule has 15 heavy (non-hydrogen) atoms. The van der Waals surface area contributed by atoms with Crippen LogP contribution in [0.4, 0.5) is 0 Å². The Morgan fingerprint density at radius 2 is 2.00 bits per heavy atom. The highest BCUT2D eigenvalue weighted by Gasteiger charge is 2.34. The molecule has 0 aromatic heterocycles. The van der Waals surface area contributed by atoms with Crippen LogP contribution < -0.4 is 5.73 Å². The lowest BCUT2D eigenvalue weighted by Crippen LogP contribution is -2.45. The molecule has 3 atom stereocenters. The number of hydrogen-bond donors (Lipinski definition) is 1. The van der Waals surface area contributed by atoms with Crippen molar-refractivity contribution in [3.05, 3.63) is 0 Å². The van der Waals surface area contributed by atoms with Crippen molar-refractivity contribution in [3.63, 3.8) is 0 Å². The van der Waals surface area contributed by atoms with E-state index >= 15 is 0 Å². The summed E-state index contributed by atoms with van der Waals surface area (Å²) in [6, 6.07) is 1.56. The lowest BCUT2D eigenvalue weighted by Gasteiger charge is -2.37. The average Bonchev–Trinajstić information content (AvgIpc) is 2.60. The Kier molecular flexibility index (Phi) is 4.60. The summed E-state index contributed by atoms with van der Waals surface area (Å²) in [6.45, 7) is 11.2. The topological polar surface area (TPSA) is 29.3 Å². The standard InChI is InChI=1S/C13H28N2/c1-5-12-8-7-11(3)15(12)10-13(4,6-2)9-14/h11-12H,5-10,14H2,1-4H3. The largest absolute Gasteiger partial charge is 0.330 e. The minimum Gasteiger partial charge on any atom is -0.330 e. The summed E-state index contributed by atoms with van der Waals surface area (Å²) in [7, 11) is 0. The van der Waals surface area contributed by atoms with E-state index < -0.39 is 0 Å². The van der Waals surface area contributed by atoms with Gasteiger partial charge >= 0.3 is 0 Å². The van der Waals surface area contributed by atoms with E-state index in [4.69, 9.17) is 5.73 Å². The molecule has 1 aliphatic heterocycles. The second-order valence-corrected chi connectivity index (χ2v) is 5.53. The van der Waals surface area contributed by atoms with Gasteiger partial charge in [0.25, 0.3) is 0 Å². The molecule has 3 unspecified atom stereocenters. The van der Waals surface area contributed by atoms with Gasteiger partial charge in [-0.25, -0.2) is 0 Å². The van der Waals surface area contributed by atoms with Crippen molar-refractivity contribution in [2.24, 2.45) is 11.1 Å². The molecule has 0 aromatic rings. The molecule has 2 heteroatoms. The van der Waals surface area contributed by atoms with Crippen molar-refractivity contribution < 1.29 is 0 Å². The Hall–Kier alpha value is -0.0800. The summed E-state index contributed by atoms with van der Waals surface area (Å²) < 4.78 is 0. The normalized spacial score (nSPS) is 31.8. The second kappa shape index (κ2) is 5.31. The first-order chi connectivity index (χ1) is 7.06. The summed E-state index contributed by atoms with van der Waals surface area (Å²) in [5.41, 5.74) is 6.21. The lowest BCUT2D eigenvalue weighted by atomic mass is 9.86. The first-order valence-corrected chi connectivity index (χ1v) is 6.52. The van der Waals surface area contributed by atoms with Gasteiger partial charge in [0, 0.05) is 18.6 Å². The van der Waals surface area contributed by atoms with Crippen molar-refractivity contribution >= 4 is 0 Å². The zero-order valence-corrected chi connectivity index (χ0v) is 10.9. The van der Waals surface area contributed by atoms with Crippen LogP contribution in [-0.4, -0.2) is 30.1 Å². The molecule has 1 rings (SSSR count). The van der Waals surface area contributed by atoms with Crippen LogP contribution in [0.3, 0.4) is 0 Å². The fourth-order valence-corrected chi connectivity index (χ4v) is 2.61. The summed E-state index contributed by atoms with van der Waals surface area (Å²) in [4.78, 5) is 2.69. The Bertz CT molecular complexity index is 187. The van der Waals surface area contributed by atoms with Crippen LogP contribution in [0, 0.1) is 5.41 Å². The third kappa shape index (κ3) is 2.94. The van der Waals surface area contributed by atoms with Crippen LogP contribution in [0.2, 0.25) is 0 Å². The maximum absolute atomic E-state index is 5.90. The Morgan fingerprint density at radius 3 is 2.47 bits per heavy atom. The third-order valence-corrected chi connectivity index (χ3v) is 4.33. The maximum Gasteiger partial charge on any atom is 0.00962 e. The Balaban J connectivity index is 2.61. The molecule has 2 N–H and O–H groups in total. The van der Waals surface area contributed by atoms with Crippen LogP contribution in [0.15, 0.2) is 0 Å². The van der Waals surface area contributed by atoms with E-state index in [-0.39, 0.29) is 0 Å². The highest BCUT2D eigenvalue weighted by Crippen LogP contribution is 2.31. The van der Waals surface area contributed by atoms with Gasteiger partial charge in [-0.05, 0) is 44.6 Å². The monoisotopic (exact) mass is 212 g/mol. The van der Waals surface area contributed by atoms with Gasteiger partial charge in [0.15, 0.2) is 0 Å². The molecule has 0 bridgehead atoms. The van der Waals surface area contributed by atoms with Gasteiger partial charge in [-0.1, -0.05) is 20.8 Å². The van der Waals surface area contributed by atoms with Gasteiger partial charge in [-0.2, -0.15) is 0 Å². The zero-order valence-electron chi connectivity index (χ0n) is 10.9. The van der Waals surface area contributed by atoms with Crippen molar-refractivity contribution in [2.45, 2.75) is 65.5 Å². The van der Waals surface area contributed by atoms with Gasteiger partial charge < -0.3 is 5.73 Å². The first kappa shape index (κ1) is 13.0. The van der Waals surface area contributed by atoms with Crippen molar-refractivity contribution in [1.29, 1.82) is 0 Å². The Labute approximate surface area is 95.2 Å². The smallest absolute Gasteiger partial charge is 0.00962 e. The fraction of sp³-hybridized carbons (Fsp3) is 1.00. The molecule has 0 radical (unpaired) electrons. The van der Waals surface area contributed by atoms with Crippen LogP contribution >= 0.6 is 0 Å². The molecule has 1 heterocycles. The molecule has 0 aliphatic carbocycles. The number of rotatable bonds is 5. The molecule has 0 spiro atoms. The van der Waals surface area contributed by atoms with Crippen LogP contribution in [0.25, 0.3) is 0 Å². The molecule has 1 saturated heterocycles. The summed E-state index contributed by atoms with van der Waals surface area (Å²) in [5.74, 6) is 0. The SMILES string of the molecule is CCC1CCC(C)N1CC(C)(CC)CN. The maximum atomic E-state index is 5.90. The highest BCUT2D eigenvalue weighted by atomic mass is 15.2. The number of likely N-dealkylation sites (tertiary alicyclic amines) is 1. The molecule has 90 valence electrons. The summed E-state index contributed by atoms with van der Waals surface area (Å²) in [6.07, 6.45) is 5.21. The van der Waals surface area contributed by atoms with E-state index in [2.05, 4.69) is 32.6 Å². The molecule has 1 fully saturated rings. The van der Waals surface area contributed by atoms with Crippen LogP contribution in [-0.2, 0) is 0 Å². The van der Waals surface area contributed by atoms with Crippen LogP contribution in [0.1, 0.15) is 53.4 Å². The molecule has 1 aliphatic rings. The van der Waals surface area contributed by atoms with E-state index in [1.165, 1.54) is 32.2 Å². The van der Waals surface area contributed by atoms with Gasteiger partial charge in [0.05, 0.1) is 0 Å². The summed E-state index contributed by atoms with van der Waals surface area (Å²) in [5, 5.41) is 0. The molecule has 2 nitrogen and oxygen atoms in total. The zero-order chi connectivity index (χ0) is 11.5. The molecule has 0 aromatic carbocycles. The lowest BCUT2D eigenvalue weighted by molar-refractivity contribution is 0.119. The van der Waals surface area contributed by atoms with Gasteiger partial charge in [0.1, 0.15) is 0 Å². The molecular weight excluding hydrogens is 184 g/mol. The van der Waals surface area contributed by atoms with E-state index in [1.807, 2.05) is 0 Å². The Morgan fingerprint density at radius 1 is 1.33 bits per heavy atom. The van der Waals surface area contributed by atoms with E-state index in [0.717, 1.165) is 18.6 Å². The van der Waals surface area contributed by atoms with E-state index in [1.54, 1.807) is 0 Å². The molecular formula is C13H28N2.